The zero-order valence-electron chi connectivity index (χ0n) is 14.4. The van der Waals surface area contributed by atoms with Gasteiger partial charge in [0.15, 0.2) is 14.1 Å². The Labute approximate surface area is 129 Å². The van der Waals surface area contributed by atoms with Crippen LogP contribution in [0, 0.1) is 0 Å². The molecule has 6 heteroatoms. The topological polar surface area (TPSA) is 54.0 Å². The molecule has 1 fully saturated rings. The first-order valence-corrected chi connectivity index (χ1v) is 10.4. The second-order valence-corrected chi connectivity index (χ2v) is 11.9. The zero-order valence-corrected chi connectivity index (χ0v) is 15.4. The van der Waals surface area contributed by atoms with E-state index < -0.39 is 14.4 Å². The normalized spacial score (nSPS) is 28.0. The van der Waals surface area contributed by atoms with E-state index in [1.54, 1.807) is 14.2 Å². The van der Waals surface area contributed by atoms with E-state index in [2.05, 4.69) is 33.9 Å². The van der Waals surface area contributed by atoms with Crippen molar-refractivity contribution >= 4 is 14.1 Å². The van der Waals surface area contributed by atoms with E-state index in [1.807, 2.05) is 0 Å². The fourth-order valence-electron chi connectivity index (χ4n) is 2.22. The molecule has 124 valence electrons. The first kappa shape index (κ1) is 18.8. The Kier molecular flexibility index (Phi) is 6.55. The van der Waals surface area contributed by atoms with Crippen molar-refractivity contribution in [3.8, 4) is 0 Å². The Hall–Kier alpha value is -0.273. The van der Waals surface area contributed by atoms with Gasteiger partial charge in [-0.15, -0.1) is 0 Å². The number of carbonyl (C=O) groups excluding carboxylic acids is 1. The lowest BCUT2D eigenvalue weighted by atomic mass is 9.91. The molecule has 0 radical (unpaired) electrons. The predicted octanol–water partition coefficient (Wildman–Crippen LogP) is 2.74. The highest BCUT2D eigenvalue weighted by Gasteiger charge is 2.47. The molecule has 21 heavy (non-hydrogen) atoms. The highest BCUT2D eigenvalue weighted by Crippen LogP contribution is 2.39. The lowest BCUT2D eigenvalue weighted by Crippen LogP contribution is -2.56. The molecule has 0 aromatic carbocycles. The number of ether oxygens (including phenoxy) is 3. The largest absolute Gasteiger partial charge is 0.408 e. The van der Waals surface area contributed by atoms with Crippen LogP contribution >= 0.6 is 0 Å². The third kappa shape index (κ3) is 4.60. The van der Waals surface area contributed by atoms with Gasteiger partial charge in [0.05, 0.1) is 6.10 Å². The number of rotatable bonds is 6. The average molecular weight is 318 g/mol. The van der Waals surface area contributed by atoms with Gasteiger partial charge in [-0.05, 0) is 24.6 Å². The quantitative estimate of drug-likeness (QED) is 0.557. The van der Waals surface area contributed by atoms with Crippen LogP contribution in [0.1, 0.15) is 33.6 Å². The monoisotopic (exact) mass is 318 g/mol. The van der Waals surface area contributed by atoms with Crippen LogP contribution < -0.4 is 0 Å². The van der Waals surface area contributed by atoms with Crippen molar-refractivity contribution in [3.05, 3.63) is 0 Å². The molecule has 1 aliphatic rings. The fourth-order valence-corrected chi connectivity index (χ4v) is 3.53. The summed E-state index contributed by atoms with van der Waals surface area (Å²) >= 11 is 0. The van der Waals surface area contributed by atoms with E-state index in [0.29, 0.717) is 12.8 Å². The molecule has 0 bridgehead atoms. The lowest BCUT2D eigenvalue weighted by molar-refractivity contribution is -0.168. The summed E-state index contributed by atoms with van der Waals surface area (Å²) in [5, 5.41) is 0.0671. The van der Waals surface area contributed by atoms with E-state index in [9.17, 15) is 4.79 Å². The van der Waals surface area contributed by atoms with E-state index >= 15 is 0 Å². The van der Waals surface area contributed by atoms with Gasteiger partial charge in [-0.3, -0.25) is 4.79 Å². The summed E-state index contributed by atoms with van der Waals surface area (Å²) in [5.41, 5.74) is 0. The third-order valence-electron chi connectivity index (χ3n) is 4.55. The molecule has 0 unspecified atom stereocenters. The molecule has 5 nitrogen and oxygen atoms in total. The van der Waals surface area contributed by atoms with E-state index in [4.69, 9.17) is 18.6 Å². The Balaban J connectivity index is 2.94. The van der Waals surface area contributed by atoms with Crippen molar-refractivity contribution in [3.63, 3.8) is 0 Å². The molecule has 0 saturated heterocycles. The molecule has 0 spiro atoms. The first-order valence-electron chi connectivity index (χ1n) is 7.48. The number of Topliss-reactive ketones (excluding diaryl/α,β-unsaturated/α-hetero) is 1. The molecule has 0 amide bonds. The van der Waals surface area contributed by atoms with Crippen molar-refractivity contribution in [2.75, 3.05) is 21.0 Å². The fraction of sp³-hybridized carbons (Fsp3) is 0.933. The lowest BCUT2D eigenvalue weighted by Gasteiger charge is -2.44. The minimum absolute atomic E-state index is 0.0671. The number of hydrogen-bond donors (Lipinski definition) is 0. The second-order valence-electron chi connectivity index (χ2n) is 7.12. The summed E-state index contributed by atoms with van der Waals surface area (Å²) in [6.07, 6.45) is 0.0507. The standard InChI is InChI=1S/C15H30O5Si/c1-15(2,3)21(6,7)20-14-12(19-10-17-4)9-8-11(16)13(14)18-5/h12-14H,8-10H2,1-7H3/t12-,13+,14+/m1/s1. The van der Waals surface area contributed by atoms with Crippen LogP contribution in [0.15, 0.2) is 0 Å². The van der Waals surface area contributed by atoms with Gasteiger partial charge in [-0.2, -0.15) is 0 Å². The molecule has 1 rings (SSSR count). The van der Waals surface area contributed by atoms with Crippen LogP contribution in [-0.4, -0.2) is 53.4 Å². The van der Waals surface area contributed by atoms with Gasteiger partial charge < -0.3 is 18.6 Å². The molecular formula is C15H30O5Si. The highest BCUT2D eigenvalue weighted by molar-refractivity contribution is 6.74. The first-order chi connectivity index (χ1) is 9.64. The molecule has 0 aromatic heterocycles. The van der Waals surface area contributed by atoms with Crippen molar-refractivity contribution < 1.29 is 23.4 Å². The van der Waals surface area contributed by atoms with Crippen LogP contribution in [0.2, 0.25) is 18.1 Å². The maximum Gasteiger partial charge on any atom is 0.192 e. The second kappa shape index (κ2) is 7.33. The molecule has 0 aromatic rings. The average Bonchev–Trinajstić information content (AvgIpc) is 2.36. The van der Waals surface area contributed by atoms with Gasteiger partial charge in [0.25, 0.3) is 0 Å². The zero-order chi connectivity index (χ0) is 16.3. The SMILES string of the molecule is COCO[C@@H]1CCC(=O)[C@H](OC)[C@H]1O[Si](C)(C)C(C)(C)C. The van der Waals surface area contributed by atoms with E-state index in [0.717, 1.165) is 0 Å². The molecule has 0 heterocycles. The van der Waals surface area contributed by atoms with Gasteiger partial charge in [0, 0.05) is 20.6 Å². The molecule has 3 atom stereocenters. The van der Waals surface area contributed by atoms with Crippen molar-refractivity contribution in [2.45, 2.75) is 70.1 Å². The van der Waals surface area contributed by atoms with Gasteiger partial charge in [0.1, 0.15) is 19.0 Å². The van der Waals surface area contributed by atoms with Crippen molar-refractivity contribution in [1.82, 2.24) is 0 Å². The summed E-state index contributed by atoms with van der Waals surface area (Å²) in [4.78, 5) is 12.1. The highest BCUT2D eigenvalue weighted by atomic mass is 28.4. The predicted molar refractivity (Wildman–Crippen MR) is 83.9 cm³/mol. The smallest absolute Gasteiger partial charge is 0.192 e. The molecular weight excluding hydrogens is 288 g/mol. The van der Waals surface area contributed by atoms with Crippen LogP contribution in [0.3, 0.4) is 0 Å². The Morgan fingerprint density at radius 2 is 1.86 bits per heavy atom. The molecule has 1 saturated carbocycles. The molecule has 0 N–H and O–H groups in total. The van der Waals surface area contributed by atoms with Gasteiger partial charge in [-0.25, -0.2) is 0 Å². The van der Waals surface area contributed by atoms with Gasteiger partial charge in [-0.1, -0.05) is 20.8 Å². The maximum absolute atomic E-state index is 12.1. The van der Waals surface area contributed by atoms with Crippen LogP contribution in [-0.2, 0) is 23.4 Å². The van der Waals surface area contributed by atoms with E-state index in [-0.39, 0.29) is 29.8 Å². The van der Waals surface area contributed by atoms with Crippen molar-refractivity contribution in [1.29, 1.82) is 0 Å². The number of hydrogen-bond acceptors (Lipinski definition) is 5. The van der Waals surface area contributed by atoms with Crippen LogP contribution in [0.4, 0.5) is 0 Å². The van der Waals surface area contributed by atoms with Crippen LogP contribution in [0.5, 0.6) is 0 Å². The Morgan fingerprint density at radius 3 is 2.33 bits per heavy atom. The van der Waals surface area contributed by atoms with Gasteiger partial charge >= 0.3 is 0 Å². The summed E-state index contributed by atoms with van der Waals surface area (Å²) < 4.78 is 22.6. The van der Waals surface area contributed by atoms with Crippen molar-refractivity contribution in [2.24, 2.45) is 0 Å². The third-order valence-corrected chi connectivity index (χ3v) is 9.02. The number of carbonyl (C=O) groups is 1. The summed E-state index contributed by atoms with van der Waals surface area (Å²) in [6.45, 7) is 11.1. The van der Waals surface area contributed by atoms with Crippen LogP contribution in [0.25, 0.3) is 0 Å². The minimum atomic E-state index is -2.01. The van der Waals surface area contributed by atoms with E-state index in [1.165, 1.54) is 0 Å². The Bertz CT molecular complexity index is 350. The maximum atomic E-state index is 12.1. The molecule has 1 aliphatic carbocycles. The number of methoxy groups -OCH3 is 2. The van der Waals surface area contributed by atoms with Gasteiger partial charge in [0.2, 0.25) is 0 Å². The summed E-state index contributed by atoms with van der Waals surface area (Å²) in [6, 6.07) is 0. The summed E-state index contributed by atoms with van der Waals surface area (Å²) in [5.74, 6) is 0.0958. The number of ketones is 1. The summed E-state index contributed by atoms with van der Waals surface area (Å²) in [7, 11) is 1.13. The minimum Gasteiger partial charge on any atom is -0.408 e. The Morgan fingerprint density at radius 1 is 1.24 bits per heavy atom. The molecule has 0 aliphatic heterocycles.